The van der Waals surface area contributed by atoms with Gasteiger partial charge in [0.1, 0.15) is 22.8 Å². The fourth-order valence-corrected chi connectivity index (χ4v) is 5.26. The van der Waals surface area contributed by atoms with Gasteiger partial charge in [0.15, 0.2) is 5.65 Å². The monoisotopic (exact) mass is 427 g/mol. The van der Waals surface area contributed by atoms with Gasteiger partial charge in [0, 0.05) is 44.9 Å². The Balaban J connectivity index is 1.54. The van der Waals surface area contributed by atoms with E-state index in [0.717, 1.165) is 11.3 Å². The highest BCUT2D eigenvalue weighted by molar-refractivity contribution is 6.09. The van der Waals surface area contributed by atoms with Gasteiger partial charge < -0.3 is 19.4 Å². The Morgan fingerprint density at radius 2 is 1.94 bits per heavy atom. The van der Waals surface area contributed by atoms with Gasteiger partial charge in [-0.3, -0.25) is 9.59 Å². The molecule has 32 heavy (non-hydrogen) atoms. The van der Waals surface area contributed by atoms with Gasteiger partial charge in [-0.05, 0) is 24.1 Å². The van der Waals surface area contributed by atoms with Crippen LogP contribution < -0.4 is 5.32 Å². The van der Waals surface area contributed by atoms with E-state index in [2.05, 4.69) is 20.3 Å². The minimum Gasteiger partial charge on any atom is -0.336 e. The molecule has 2 aliphatic rings. The molecule has 3 aromatic heterocycles. The summed E-state index contributed by atoms with van der Waals surface area (Å²) in [7, 11) is 3.73. The normalized spacial score (nSPS) is 22.0. The number of benzene rings is 1. The minimum atomic E-state index is -0.901. The van der Waals surface area contributed by atoms with Gasteiger partial charge in [0.2, 0.25) is 5.91 Å². The van der Waals surface area contributed by atoms with Crippen molar-refractivity contribution in [1.29, 1.82) is 0 Å². The molecular formula is C23H21N7O2. The van der Waals surface area contributed by atoms with Gasteiger partial charge in [0.05, 0.1) is 11.9 Å². The maximum Gasteiger partial charge on any atom is 0.256 e. The maximum absolute atomic E-state index is 13.9. The molecule has 4 aromatic rings. The van der Waals surface area contributed by atoms with Crippen LogP contribution in [0.3, 0.4) is 0 Å². The van der Waals surface area contributed by atoms with Crippen LogP contribution in [-0.4, -0.2) is 47.3 Å². The van der Waals surface area contributed by atoms with Crippen LogP contribution in [0.15, 0.2) is 55.2 Å². The van der Waals surface area contributed by atoms with E-state index in [1.165, 1.54) is 0 Å². The molecule has 0 radical (unpaired) electrons. The summed E-state index contributed by atoms with van der Waals surface area (Å²) in [4.78, 5) is 42.5. The number of fused-ring (bicyclic) bond motifs is 3. The Hall–Kier alpha value is -4.01. The van der Waals surface area contributed by atoms with Crippen molar-refractivity contribution < 1.29 is 9.59 Å². The molecule has 1 aromatic carbocycles. The zero-order valence-corrected chi connectivity index (χ0v) is 17.7. The molecule has 9 nitrogen and oxygen atoms in total. The summed E-state index contributed by atoms with van der Waals surface area (Å²) >= 11 is 0. The quantitative estimate of drug-likeness (QED) is 0.529. The zero-order chi connectivity index (χ0) is 22.0. The van der Waals surface area contributed by atoms with Crippen LogP contribution in [0.2, 0.25) is 0 Å². The second-order valence-corrected chi connectivity index (χ2v) is 8.40. The van der Waals surface area contributed by atoms with Crippen LogP contribution in [0.1, 0.15) is 34.2 Å². The third kappa shape index (κ3) is 2.30. The molecule has 9 heteroatoms. The number of imidazole rings is 2. The second-order valence-electron chi connectivity index (χ2n) is 8.40. The molecule has 1 fully saturated rings. The second kappa shape index (κ2) is 6.49. The minimum absolute atomic E-state index is 0.0975. The number of carbonyl (C=O) groups is 2. The van der Waals surface area contributed by atoms with Gasteiger partial charge in [-0.25, -0.2) is 15.0 Å². The van der Waals surface area contributed by atoms with Crippen molar-refractivity contribution in [3.8, 4) is 0 Å². The Kier molecular flexibility index (Phi) is 3.80. The first-order valence-corrected chi connectivity index (χ1v) is 10.5. The Morgan fingerprint density at radius 3 is 2.75 bits per heavy atom. The summed E-state index contributed by atoms with van der Waals surface area (Å²) in [5.41, 5.74) is 2.46. The Bertz CT molecular complexity index is 1400. The highest BCUT2D eigenvalue weighted by atomic mass is 16.2. The van der Waals surface area contributed by atoms with Crippen molar-refractivity contribution in [1.82, 2.24) is 29.0 Å². The lowest BCUT2D eigenvalue weighted by molar-refractivity contribution is -0.121. The molecule has 1 spiro atoms. The number of aromatic nitrogens is 5. The number of likely N-dealkylation sites (tertiary alicyclic amines) is 1. The lowest BCUT2D eigenvalue weighted by atomic mass is 9.74. The average Bonchev–Trinajstić information content (AvgIpc) is 3.55. The van der Waals surface area contributed by atoms with E-state index in [-0.39, 0.29) is 11.8 Å². The lowest BCUT2D eigenvalue weighted by Crippen LogP contribution is -2.43. The van der Waals surface area contributed by atoms with E-state index in [4.69, 9.17) is 0 Å². The number of para-hydroxylation sites is 1. The van der Waals surface area contributed by atoms with Crippen molar-refractivity contribution in [3.63, 3.8) is 0 Å². The smallest absolute Gasteiger partial charge is 0.256 e. The van der Waals surface area contributed by atoms with Gasteiger partial charge in [0.25, 0.3) is 5.91 Å². The largest absolute Gasteiger partial charge is 0.336 e. The number of hydrogen-bond donors (Lipinski definition) is 1. The summed E-state index contributed by atoms with van der Waals surface area (Å²) in [5, 5.41) is 3.03. The van der Waals surface area contributed by atoms with E-state index in [1.54, 1.807) is 34.3 Å². The van der Waals surface area contributed by atoms with Crippen LogP contribution in [0.5, 0.6) is 0 Å². The summed E-state index contributed by atoms with van der Waals surface area (Å²) < 4.78 is 3.67. The van der Waals surface area contributed by atoms with Crippen LogP contribution >= 0.6 is 0 Å². The molecule has 0 saturated carbocycles. The number of hydrogen-bond acceptors (Lipinski definition) is 5. The molecule has 2 aliphatic heterocycles. The maximum atomic E-state index is 13.9. The standard InChI is InChI=1S/C23H21N7O2/c1-28-12-10-25-20(28)18-23(15-5-3-4-6-16(15)27-22(23)32)8-11-30(18)21(31)14-7-9-24-19-17(14)26-13-29(19)2/h3-7,9-10,12-13,18H,8,11H2,1-2H3,(H,27,32)/t18-,23+/m0/s1. The third-order valence-electron chi connectivity index (χ3n) is 6.78. The van der Waals surface area contributed by atoms with E-state index in [9.17, 15) is 9.59 Å². The average molecular weight is 427 g/mol. The number of nitrogens with one attached hydrogen (secondary N) is 1. The highest BCUT2D eigenvalue weighted by Gasteiger charge is 2.60. The number of nitrogens with zero attached hydrogens (tertiary/aromatic N) is 6. The van der Waals surface area contributed by atoms with E-state index in [0.29, 0.717) is 35.5 Å². The molecule has 2 amide bonds. The Morgan fingerprint density at radius 1 is 1.09 bits per heavy atom. The molecule has 5 heterocycles. The third-order valence-corrected chi connectivity index (χ3v) is 6.78. The number of rotatable bonds is 2. The SMILES string of the molecule is Cn1ccnc1[C@@H]1N(C(=O)c2ccnc3c2ncn3C)CC[C@]12C(=O)Nc1ccccc12. The predicted octanol–water partition coefficient (Wildman–Crippen LogP) is 2.18. The van der Waals surface area contributed by atoms with Crippen LogP contribution in [0.25, 0.3) is 11.2 Å². The summed E-state index contributed by atoms with van der Waals surface area (Å²) in [6, 6.07) is 8.86. The first kappa shape index (κ1) is 18.7. The van der Waals surface area contributed by atoms with Crippen molar-refractivity contribution in [3.05, 3.63) is 72.2 Å². The molecule has 0 aliphatic carbocycles. The molecule has 1 N–H and O–H groups in total. The Labute approximate surface area is 183 Å². The first-order chi connectivity index (χ1) is 15.5. The van der Waals surface area contributed by atoms with Crippen molar-refractivity contribution in [2.75, 3.05) is 11.9 Å². The van der Waals surface area contributed by atoms with Crippen LogP contribution in [-0.2, 0) is 24.3 Å². The fraction of sp³-hybridized carbons (Fsp3) is 0.261. The molecule has 160 valence electrons. The topological polar surface area (TPSA) is 97.9 Å². The summed E-state index contributed by atoms with van der Waals surface area (Å²) in [5.74, 6) is 0.395. The lowest BCUT2D eigenvalue weighted by Gasteiger charge is -2.33. The van der Waals surface area contributed by atoms with Crippen molar-refractivity contribution in [2.45, 2.75) is 17.9 Å². The van der Waals surface area contributed by atoms with Gasteiger partial charge in [-0.15, -0.1) is 0 Å². The van der Waals surface area contributed by atoms with Crippen molar-refractivity contribution in [2.24, 2.45) is 14.1 Å². The molecule has 6 rings (SSSR count). The number of carbonyl (C=O) groups excluding carboxylic acids is 2. The van der Waals surface area contributed by atoms with Crippen LogP contribution in [0, 0.1) is 0 Å². The first-order valence-electron chi connectivity index (χ1n) is 10.5. The number of aryl methyl sites for hydroxylation is 2. The van der Waals surface area contributed by atoms with E-state index in [1.807, 2.05) is 49.1 Å². The molecule has 0 unspecified atom stereocenters. The van der Waals surface area contributed by atoms with Gasteiger partial charge in [-0.2, -0.15) is 0 Å². The predicted molar refractivity (Wildman–Crippen MR) is 117 cm³/mol. The summed E-state index contributed by atoms with van der Waals surface area (Å²) in [6.45, 7) is 0.425. The van der Waals surface area contributed by atoms with E-state index < -0.39 is 11.5 Å². The number of anilines is 1. The molecular weight excluding hydrogens is 406 g/mol. The number of amides is 2. The number of pyridine rings is 1. The molecule has 1 saturated heterocycles. The van der Waals surface area contributed by atoms with E-state index >= 15 is 0 Å². The zero-order valence-electron chi connectivity index (χ0n) is 17.7. The van der Waals surface area contributed by atoms with Crippen molar-refractivity contribution >= 4 is 28.7 Å². The van der Waals surface area contributed by atoms with Crippen LogP contribution in [0.4, 0.5) is 5.69 Å². The molecule has 2 atom stereocenters. The van der Waals surface area contributed by atoms with Gasteiger partial charge >= 0.3 is 0 Å². The summed E-state index contributed by atoms with van der Waals surface area (Å²) in [6.07, 6.45) is 7.32. The fourth-order valence-electron chi connectivity index (χ4n) is 5.26. The van der Waals surface area contributed by atoms with Gasteiger partial charge in [-0.1, -0.05) is 18.2 Å². The molecule has 0 bridgehead atoms. The highest BCUT2D eigenvalue weighted by Crippen LogP contribution is 2.54.